The molecule has 0 N–H and O–H groups in total. The minimum absolute atomic E-state index is 0.0869. The number of ether oxygens (including phenoxy) is 3. The lowest BCUT2D eigenvalue weighted by atomic mass is 10.0. The number of carbonyl (C=O) groups is 1. The van der Waals surface area contributed by atoms with Crippen molar-refractivity contribution in [2.24, 2.45) is 0 Å². The van der Waals surface area contributed by atoms with E-state index in [0.717, 1.165) is 5.56 Å². The van der Waals surface area contributed by atoms with E-state index >= 15 is 0 Å². The number of carbonyl (C=O) groups excluding carboxylic acids is 1. The van der Waals surface area contributed by atoms with Gasteiger partial charge in [0.05, 0.1) is 29.2 Å². The first-order valence-electron chi connectivity index (χ1n) is 11.5. The zero-order chi connectivity index (χ0) is 24.0. The molecule has 1 aliphatic rings. The van der Waals surface area contributed by atoms with Gasteiger partial charge in [-0.05, 0) is 41.5 Å². The highest BCUT2D eigenvalue weighted by molar-refractivity contribution is 5.94. The highest BCUT2D eigenvalue weighted by atomic mass is 19.1. The summed E-state index contributed by atoms with van der Waals surface area (Å²) >= 11 is 0. The van der Waals surface area contributed by atoms with E-state index in [0.29, 0.717) is 37.4 Å². The van der Waals surface area contributed by atoms with Crippen LogP contribution in [0, 0.1) is 5.82 Å². The second-order valence-electron chi connectivity index (χ2n) is 7.35. The van der Waals surface area contributed by atoms with Gasteiger partial charge in [0.25, 0.3) is 5.91 Å². The Hall–Kier alpha value is -3.22. The van der Waals surface area contributed by atoms with Gasteiger partial charge in [-0.1, -0.05) is 42.5 Å². The Morgan fingerprint density at radius 3 is 2.53 bits per heavy atom. The Balaban J connectivity index is 1.41. The van der Waals surface area contributed by atoms with Crippen molar-refractivity contribution in [2.75, 3.05) is 39.5 Å². The Morgan fingerprint density at radius 2 is 1.78 bits per heavy atom. The van der Waals surface area contributed by atoms with Crippen LogP contribution in [0.5, 0.6) is 5.75 Å². The van der Waals surface area contributed by atoms with Crippen LogP contribution in [-0.2, 0) is 16.1 Å². The maximum atomic E-state index is 14.6. The molecule has 3 aromatic carbocycles. The molecule has 166 valence electrons. The van der Waals surface area contributed by atoms with Crippen LogP contribution in [0.2, 0.25) is 0 Å². The standard InChI is InChI=1S/C26H26FNO4/c27-25-11-10-23(32-17-16-31-19-20-4-2-1-3-5-20)18-24(25)21-6-8-22(9-7-21)26(29)28-12-14-30-15-13-28/h1-11,18H,12-17,19H2/i17D2. The number of benzene rings is 3. The molecule has 0 bridgehead atoms. The van der Waals surface area contributed by atoms with Gasteiger partial charge in [-0.2, -0.15) is 0 Å². The van der Waals surface area contributed by atoms with Crippen molar-refractivity contribution in [3.8, 4) is 16.9 Å². The molecule has 1 fully saturated rings. The second-order valence-corrected chi connectivity index (χ2v) is 7.35. The average Bonchev–Trinajstić information content (AvgIpc) is 2.86. The van der Waals surface area contributed by atoms with E-state index in [2.05, 4.69) is 0 Å². The van der Waals surface area contributed by atoms with E-state index in [9.17, 15) is 9.18 Å². The highest BCUT2D eigenvalue weighted by Gasteiger charge is 2.18. The second kappa shape index (κ2) is 10.9. The Bertz CT molecular complexity index is 1100. The molecule has 5 nitrogen and oxygen atoms in total. The third-order valence-electron chi connectivity index (χ3n) is 5.14. The Kier molecular flexibility index (Phi) is 6.62. The SMILES string of the molecule is [2H]C([2H])(COCc1ccccc1)Oc1ccc(F)c(-c2ccc(C(=O)N3CCOCC3)cc2)c1. The van der Waals surface area contributed by atoms with Gasteiger partial charge >= 0.3 is 0 Å². The number of rotatable bonds is 8. The number of hydrogen-bond donors (Lipinski definition) is 0. The van der Waals surface area contributed by atoms with Crippen LogP contribution in [-0.4, -0.2) is 50.3 Å². The molecule has 1 aliphatic heterocycles. The van der Waals surface area contributed by atoms with Crippen LogP contribution in [0.3, 0.4) is 0 Å². The first-order chi connectivity index (χ1) is 16.4. The van der Waals surface area contributed by atoms with E-state index in [-0.39, 0.29) is 30.4 Å². The topological polar surface area (TPSA) is 48.0 Å². The van der Waals surface area contributed by atoms with Crippen LogP contribution >= 0.6 is 0 Å². The van der Waals surface area contributed by atoms with E-state index in [4.69, 9.17) is 17.0 Å². The molecular weight excluding hydrogens is 409 g/mol. The maximum absolute atomic E-state index is 14.6. The minimum Gasteiger partial charge on any atom is -0.491 e. The van der Waals surface area contributed by atoms with Gasteiger partial charge in [-0.15, -0.1) is 0 Å². The summed E-state index contributed by atoms with van der Waals surface area (Å²) in [5.41, 5.74) is 2.26. The van der Waals surface area contributed by atoms with Crippen molar-refractivity contribution in [1.29, 1.82) is 0 Å². The van der Waals surface area contributed by atoms with Gasteiger partial charge < -0.3 is 19.1 Å². The van der Waals surface area contributed by atoms with E-state index in [1.54, 1.807) is 29.2 Å². The summed E-state index contributed by atoms with van der Waals surface area (Å²) in [7, 11) is 0. The van der Waals surface area contributed by atoms with Crippen molar-refractivity contribution in [2.45, 2.75) is 6.61 Å². The molecule has 0 atom stereocenters. The first-order valence-corrected chi connectivity index (χ1v) is 10.5. The molecule has 6 heteroatoms. The van der Waals surface area contributed by atoms with Crippen LogP contribution in [0.15, 0.2) is 72.8 Å². The molecule has 3 aromatic rings. The third-order valence-corrected chi connectivity index (χ3v) is 5.14. The molecule has 0 spiro atoms. The fourth-order valence-corrected chi connectivity index (χ4v) is 3.43. The number of hydrogen-bond acceptors (Lipinski definition) is 4. The smallest absolute Gasteiger partial charge is 0.254 e. The van der Waals surface area contributed by atoms with Crippen LogP contribution in [0.25, 0.3) is 11.1 Å². The van der Waals surface area contributed by atoms with Crippen LogP contribution in [0.4, 0.5) is 4.39 Å². The molecular formula is C26H26FNO4. The first kappa shape index (κ1) is 19.5. The zero-order valence-corrected chi connectivity index (χ0v) is 17.6. The predicted octanol–water partition coefficient (Wildman–Crippen LogP) is 4.56. The lowest BCUT2D eigenvalue weighted by Gasteiger charge is -2.26. The van der Waals surface area contributed by atoms with Gasteiger partial charge in [-0.25, -0.2) is 4.39 Å². The van der Waals surface area contributed by atoms with Crippen molar-refractivity contribution < 1.29 is 26.1 Å². The number of halogens is 1. The lowest BCUT2D eigenvalue weighted by molar-refractivity contribution is 0.0303. The fraction of sp³-hybridized carbons (Fsp3) is 0.269. The molecule has 1 heterocycles. The van der Waals surface area contributed by atoms with Gasteiger partial charge in [0, 0.05) is 24.2 Å². The summed E-state index contributed by atoms with van der Waals surface area (Å²) in [6, 6.07) is 20.2. The van der Waals surface area contributed by atoms with Crippen molar-refractivity contribution in [3.63, 3.8) is 0 Å². The van der Waals surface area contributed by atoms with Crippen molar-refractivity contribution in [3.05, 3.63) is 89.7 Å². The summed E-state index contributed by atoms with van der Waals surface area (Å²) in [5.74, 6) is -0.380. The molecule has 1 amide bonds. The normalized spacial score (nSPS) is 15.1. The molecule has 0 aromatic heterocycles. The van der Waals surface area contributed by atoms with Crippen molar-refractivity contribution >= 4 is 5.91 Å². The Labute approximate surface area is 190 Å². The lowest BCUT2D eigenvalue weighted by Crippen LogP contribution is -2.40. The summed E-state index contributed by atoms with van der Waals surface area (Å²) in [6.07, 6.45) is 0. The third kappa shape index (κ3) is 5.72. The van der Waals surface area contributed by atoms with Crippen LogP contribution < -0.4 is 4.74 Å². The van der Waals surface area contributed by atoms with Gasteiger partial charge in [0.1, 0.15) is 18.1 Å². The highest BCUT2D eigenvalue weighted by Crippen LogP contribution is 2.27. The summed E-state index contributed by atoms with van der Waals surface area (Å²) in [4.78, 5) is 14.4. The average molecular weight is 438 g/mol. The van der Waals surface area contributed by atoms with Gasteiger partial charge in [0.2, 0.25) is 0 Å². The van der Waals surface area contributed by atoms with Crippen molar-refractivity contribution in [1.82, 2.24) is 4.90 Å². The molecule has 32 heavy (non-hydrogen) atoms. The molecule has 0 radical (unpaired) electrons. The monoisotopic (exact) mass is 437 g/mol. The summed E-state index contributed by atoms with van der Waals surface area (Å²) < 4.78 is 47.0. The number of amides is 1. The molecule has 0 saturated carbocycles. The summed E-state index contributed by atoms with van der Waals surface area (Å²) in [6.45, 7) is 0.00963. The molecule has 0 aliphatic carbocycles. The molecule has 1 saturated heterocycles. The number of morpholine rings is 1. The number of nitrogens with zero attached hydrogens (tertiary/aromatic N) is 1. The molecule has 4 rings (SSSR count). The zero-order valence-electron chi connectivity index (χ0n) is 19.6. The van der Waals surface area contributed by atoms with E-state index in [1.165, 1.54) is 18.2 Å². The van der Waals surface area contributed by atoms with E-state index < -0.39 is 12.4 Å². The Morgan fingerprint density at radius 1 is 1.03 bits per heavy atom. The van der Waals surface area contributed by atoms with E-state index in [1.807, 2.05) is 30.3 Å². The largest absolute Gasteiger partial charge is 0.491 e. The quantitative estimate of drug-likeness (QED) is 0.518. The summed E-state index contributed by atoms with van der Waals surface area (Å²) in [5, 5.41) is 0. The van der Waals surface area contributed by atoms with Crippen LogP contribution in [0.1, 0.15) is 18.7 Å². The minimum atomic E-state index is -2.10. The predicted molar refractivity (Wildman–Crippen MR) is 120 cm³/mol. The van der Waals surface area contributed by atoms with Gasteiger partial charge in [0.15, 0.2) is 0 Å². The maximum Gasteiger partial charge on any atom is 0.254 e. The fourth-order valence-electron chi connectivity index (χ4n) is 3.43. The molecule has 0 unspecified atom stereocenters. The van der Waals surface area contributed by atoms with Gasteiger partial charge in [-0.3, -0.25) is 4.79 Å².